The van der Waals surface area contributed by atoms with Crippen molar-refractivity contribution in [3.05, 3.63) is 186 Å². The average molecular weight is 736 g/mol. The Kier molecular flexibility index (Phi) is 8.91. The lowest BCUT2D eigenvalue weighted by Crippen LogP contribution is -2.17. The van der Waals surface area contributed by atoms with E-state index in [1.807, 2.05) is 54.6 Å². The zero-order valence-corrected chi connectivity index (χ0v) is 32.5. The average Bonchev–Trinajstić information content (AvgIpc) is 3.45. The number of hydrogen-bond donors (Lipinski definition) is 0. The molecule has 0 saturated carbocycles. The summed E-state index contributed by atoms with van der Waals surface area (Å²) in [6, 6.07) is 54.4. The fourth-order valence-electron chi connectivity index (χ4n) is 8.60. The molecule has 0 radical (unpaired) electrons. The van der Waals surface area contributed by atoms with E-state index in [-0.39, 0.29) is 10.8 Å². The molecule has 0 atom stereocenters. The first-order chi connectivity index (χ1) is 27.6. The Balaban J connectivity index is 1.16. The molecule has 2 heterocycles. The summed E-state index contributed by atoms with van der Waals surface area (Å²) in [7, 11) is 0. The molecule has 0 spiro atoms. The van der Waals surface area contributed by atoms with Gasteiger partial charge in [0, 0.05) is 22.9 Å². The first kappa shape index (κ1) is 35.7. The number of pyridine rings is 1. The molecular weight excluding hydrogens is 695 g/mol. The van der Waals surface area contributed by atoms with Gasteiger partial charge in [-0.25, -0.2) is 19.8 Å². The van der Waals surface area contributed by atoms with Gasteiger partial charge in [0.05, 0.1) is 12.3 Å². The van der Waals surface area contributed by atoms with Crippen molar-refractivity contribution in [2.45, 2.75) is 44.9 Å². The molecule has 9 rings (SSSR count). The highest BCUT2D eigenvalue weighted by Crippen LogP contribution is 2.50. The second-order valence-corrected chi connectivity index (χ2v) is 16.2. The van der Waals surface area contributed by atoms with Crippen LogP contribution in [0, 0.1) is 6.57 Å². The van der Waals surface area contributed by atoms with Crippen LogP contribution in [0.3, 0.4) is 0 Å². The SMILES string of the molecule is [C-]#[N+]c1cc(-c2nc(-c3cccc(-c4ccccc4)c3)nc(-c3cccc(-c4cccc(-c5ccccc5)c4)c3)n2)cnc1-c1ccc2c(c1)C(C)(C)CC2(C)C. The Hall–Kier alpha value is -7.03. The Morgan fingerprint density at radius 1 is 0.421 bits per heavy atom. The maximum Gasteiger partial charge on any atom is 0.213 e. The van der Waals surface area contributed by atoms with Crippen molar-refractivity contribution in [2.24, 2.45) is 0 Å². The van der Waals surface area contributed by atoms with E-state index in [0.29, 0.717) is 34.4 Å². The molecule has 0 amide bonds. The van der Waals surface area contributed by atoms with Crippen LogP contribution in [-0.4, -0.2) is 19.9 Å². The van der Waals surface area contributed by atoms with Crippen LogP contribution in [0.5, 0.6) is 0 Å². The topological polar surface area (TPSA) is 55.9 Å². The molecule has 274 valence electrons. The Morgan fingerprint density at radius 3 is 1.39 bits per heavy atom. The molecule has 0 bridgehead atoms. The van der Waals surface area contributed by atoms with Crippen LogP contribution in [0.4, 0.5) is 5.69 Å². The monoisotopic (exact) mass is 735 g/mol. The smallest absolute Gasteiger partial charge is 0.213 e. The number of benzene rings is 6. The standard InChI is InChI=1S/C52H41N5/c1-51(2)33-52(3,4)45-30-40(25-26-44(45)51)47-46(53-5)31-43(32-54-47)50-56-48(41-23-13-20-37(28-41)35-17-10-7-11-18-35)55-49(57-50)42-24-14-22-39(29-42)38-21-12-19-36(27-38)34-15-8-6-9-16-34/h6-32H,33H2,1-4H3. The number of hydrogen-bond acceptors (Lipinski definition) is 4. The summed E-state index contributed by atoms with van der Waals surface area (Å²) in [5.41, 5.74) is 13.9. The fourth-order valence-corrected chi connectivity index (χ4v) is 8.60. The van der Waals surface area contributed by atoms with E-state index in [0.717, 1.165) is 50.9 Å². The van der Waals surface area contributed by atoms with Gasteiger partial charge >= 0.3 is 0 Å². The van der Waals surface area contributed by atoms with Crippen molar-refractivity contribution in [2.75, 3.05) is 0 Å². The maximum atomic E-state index is 8.25. The molecule has 1 aliphatic rings. The Bertz CT molecular complexity index is 2830. The highest BCUT2D eigenvalue weighted by atomic mass is 15.0. The summed E-state index contributed by atoms with van der Waals surface area (Å²) in [6.07, 6.45) is 2.86. The molecule has 57 heavy (non-hydrogen) atoms. The zero-order valence-electron chi connectivity index (χ0n) is 32.5. The van der Waals surface area contributed by atoms with Crippen molar-refractivity contribution >= 4 is 5.69 Å². The van der Waals surface area contributed by atoms with Gasteiger partial charge in [0.15, 0.2) is 17.5 Å². The van der Waals surface area contributed by atoms with Crippen molar-refractivity contribution < 1.29 is 0 Å². The van der Waals surface area contributed by atoms with Crippen LogP contribution in [0.2, 0.25) is 0 Å². The van der Waals surface area contributed by atoms with Gasteiger partial charge in [-0.1, -0.05) is 161 Å². The third-order valence-corrected chi connectivity index (χ3v) is 11.2. The number of nitrogens with zero attached hydrogens (tertiary/aromatic N) is 5. The number of rotatable bonds is 7. The van der Waals surface area contributed by atoms with E-state index in [9.17, 15) is 0 Å². The molecule has 6 aromatic carbocycles. The molecule has 0 aliphatic heterocycles. The second kappa shape index (κ2) is 14.2. The van der Waals surface area contributed by atoms with E-state index in [4.69, 9.17) is 26.5 Å². The van der Waals surface area contributed by atoms with Gasteiger partial charge in [0.1, 0.15) is 0 Å². The van der Waals surface area contributed by atoms with Gasteiger partial charge in [-0.05, 0) is 91.6 Å². The summed E-state index contributed by atoms with van der Waals surface area (Å²) in [4.78, 5) is 24.2. The van der Waals surface area contributed by atoms with Crippen LogP contribution in [0.25, 0.3) is 83.6 Å². The molecule has 0 unspecified atom stereocenters. The Labute approximate surface area is 334 Å². The minimum atomic E-state index is 0.0323. The molecule has 0 saturated heterocycles. The van der Waals surface area contributed by atoms with E-state index < -0.39 is 0 Å². The second-order valence-electron chi connectivity index (χ2n) is 16.2. The van der Waals surface area contributed by atoms with Gasteiger partial charge in [-0.2, -0.15) is 0 Å². The van der Waals surface area contributed by atoms with E-state index in [1.54, 1.807) is 6.20 Å². The van der Waals surface area contributed by atoms with Crippen molar-refractivity contribution in [1.29, 1.82) is 0 Å². The zero-order chi connectivity index (χ0) is 39.1. The summed E-state index contributed by atoms with van der Waals surface area (Å²) >= 11 is 0. The third kappa shape index (κ3) is 6.92. The van der Waals surface area contributed by atoms with Crippen LogP contribution in [0.15, 0.2) is 164 Å². The molecule has 5 heteroatoms. The van der Waals surface area contributed by atoms with Crippen LogP contribution < -0.4 is 0 Å². The van der Waals surface area contributed by atoms with Gasteiger partial charge in [0.25, 0.3) is 0 Å². The molecule has 0 fully saturated rings. The molecule has 2 aromatic heterocycles. The predicted molar refractivity (Wildman–Crippen MR) is 233 cm³/mol. The summed E-state index contributed by atoms with van der Waals surface area (Å²) in [5, 5.41) is 0. The molecule has 5 nitrogen and oxygen atoms in total. The Morgan fingerprint density at radius 2 is 0.860 bits per heavy atom. The van der Waals surface area contributed by atoms with Gasteiger partial charge < -0.3 is 0 Å². The minimum absolute atomic E-state index is 0.0323. The van der Waals surface area contributed by atoms with E-state index in [2.05, 4.69) is 136 Å². The third-order valence-electron chi connectivity index (χ3n) is 11.2. The molecule has 0 N–H and O–H groups in total. The number of fused-ring (bicyclic) bond motifs is 1. The van der Waals surface area contributed by atoms with Crippen molar-refractivity contribution in [3.63, 3.8) is 0 Å². The van der Waals surface area contributed by atoms with Crippen LogP contribution in [-0.2, 0) is 10.8 Å². The van der Waals surface area contributed by atoms with Crippen molar-refractivity contribution in [3.8, 4) is 78.8 Å². The first-order valence-corrected chi connectivity index (χ1v) is 19.4. The lowest BCUT2D eigenvalue weighted by molar-refractivity contribution is 0.403. The molecular formula is C52H41N5. The van der Waals surface area contributed by atoms with E-state index in [1.165, 1.54) is 16.7 Å². The highest BCUT2D eigenvalue weighted by molar-refractivity contribution is 5.81. The quantitative estimate of drug-likeness (QED) is 0.153. The maximum absolute atomic E-state index is 8.25. The highest BCUT2D eigenvalue weighted by Gasteiger charge is 2.41. The van der Waals surface area contributed by atoms with Crippen LogP contribution in [0.1, 0.15) is 45.2 Å². The van der Waals surface area contributed by atoms with E-state index >= 15 is 0 Å². The van der Waals surface area contributed by atoms with Crippen LogP contribution >= 0.6 is 0 Å². The summed E-state index contributed by atoms with van der Waals surface area (Å²) in [5.74, 6) is 1.54. The largest absolute Gasteiger partial charge is 0.267 e. The predicted octanol–water partition coefficient (Wildman–Crippen LogP) is 13.4. The summed E-state index contributed by atoms with van der Waals surface area (Å²) in [6.45, 7) is 17.5. The lowest BCUT2D eigenvalue weighted by Gasteiger charge is -2.22. The van der Waals surface area contributed by atoms with Gasteiger partial charge in [0.2, 0.25) is 5.69 Å². The molecule has 1 aliphatic carbocycles. The lowest BCUT2D eigenvalue weighted by atomic mass is 9.82. The van der Waals surface area contributed by atoms with Crippen molar-refractivity contribution in [1.82, 2.24) is 19.9 Å². The van der Waals surface area contributed by atoms with Gasteiger partial charge in [-0.3, -0.25) is 4.98 Å². The summed E-state index contributed by atoms with van der Waals surface area (Å²) < 4.78 is 0. The number of aromatic nitrogens is 4. The minimum Gasteiger partial charge on any atom is -0.267 e. The first-order valence-electron chi connectivity index (χ1n) is 19.4. The van der Waals surface area contributed by atoms with Gasteiger partial charge in [-0.15, -0.1) is 0 Å². The normalized spacial score (nSPS) is 13.8. The molecule has 8 aromatic rings. The fraction of sp³-hybridized carbons (Fsp3) is 0.135.